The summed E-state index contributed by atoms with van der Waals surface area (Å²) in [5.74, 6) is 0. The number of hydrogen-bond donors (Lipinski definition) is 0. The number of benzene rings is 1. The summed E-state index contributed by atoms with van der Waals surface area (Å²) in [5, 5.41) is 8.33. The minimum absolute atomic E-state index is 0.526. The van der Waals surface area contributed by atoms with Gasteiger partial charge < -0.3 is 0 Å². The van der Waals surface area contributed by atoms with Gasteiger partial charge in [0.15, 0.2) is 0 Å². The maximum Gasteiger partial charge on any atom is 0.0856 e. The molecule has 0 aliphatic rings. The fourth-order valence-corrected chi connectivity index (χ4v) is 1.81. The molecule has 0 spiro atoms. The van der Waals surface area contributed by atoms with Crippen LogP contribution >= 0.6 is 0 Å². The zero-order chi connectivity index (χ0) is 15.5. The molecule has 0 saturated carbocycles. The molecule has 0 fully saturated rings. The first kappa shape index (κ1) is 16.6. The van der Waals surface area contributed by atoms with Gasteiger partial charge in [-0.05, 0) is 36.6 Å². The molecule has 0 bridgehead atoms. The second kappa shape index (κ2) is 9.43. The van der Waals surface area contributed by atoms with Crippen LogP contribution in [0, 0.1) is 0 Å². The lowest BCUT2D eigenvalue weighted by Crippen LogP contribution is -1.92. The van der Waals surface area contributed by atoms with Gasteiger partial charge in [-0.1, -0.05) is 67.8 Å². The van der Waals surface area contributed by atoms with Crippen molar-refractivity contribution in [3.05, 3.63) is 84.6 Å². The van der Waals surface area contributed by atoms with Crippen LogP contribution in [0.25, 0.3) is 11.6 Å². The van der Waals surface area contributed by atoms with Gasteiger partial charge in [0.05, 0.1) is 12.2 Å². The van der Waals surface area contributed by atoms with Crippen molar-refractivity contribution in [3.8, 4) is 0 Å². The van der Waals surface area contributed by atoms with E-state index in [0.717, 1.165) is 16.7 Å². The molecule has 0 saturated heterocycles. The summed E-state index contributed by atoms with van der Waals surface area (Å²) in [6, 6.07) is 8.13. The van der Waals surface area contributed by atoms with Crippen LogP contribution in [0.4, 0.5) is 0 Å². The summed E-state index contributed by atoms with van der Waals surface area (Å²) in [6.07, 6.45) is 11.5. The molecule has 21 heavy (non-hydrogen) atoms. The lowest BCUT2D eigenvalue weighted by atomic mass is 10.00. The summed E-state index contributed by atoms with van der Waals surface area (Å²) in [6.45, 7) is 12.2. The fraction of sp³-hybridized carbons (Fsp3) is 0.158. The largest absolute Gasteiger partial charge is 0.184 e. The van der Waals surface area contributed by atoms with Gasteiger partial charge in [0.2, 0.25) is 0 Å². The van der Waals surface area contributed by atoms with Crippen LogP contribution in [0.15, 0.2) is 83.7 Å². The molecule has 0 atom stereocenters. The third-order valence-corrected chi connectivity index (χ3v) is 2.91. The monoisotopic (exact) mass is 278 g/mol. The van der Waals surface area contributed by atoms with Crippen LogP contribution < -0.4 is 0 Å². The molecule has 0 aromatic heterocycles. The van der Waals surface area contributed by atoms with Crippen molar-refractivity contribution in [2.24, 2.45) is 10.2 Å². The summed E-state index contributed by atoms with van der Waals surface area (Å²) in [5.41, 5.74) is 4.01. The number of azo groups is 1. The van der Waals surface area contributed by atoms with Gasteiger partial charge in [-0.2, -0.15) is 10.2 Å². The molecule has 0 N–H and O–H groups in total. The first-order valence-corrected chi connectivity index (χ1v) is 6.95. The molecule has 0 unspecified atom stereocenters. The van der Waals surface area contributed by atoms with Crippen LogP contribution in [0.5, 0.6) is 0 Å². The molecule has 1 aromatic rings. The van der Waals surface area contributed by atoms with Crippen molar-refractivity contribution >= 4 is 11.6 Å². The molecule has 108 valence electrons. The van der Waals surface area contributed by atoms with Crippen LogP contribution in [0.3, 0.4) is 0 Å². The number of nitrogens with zero attached hydrogens (tertiary/aromatic N) is 2. The molecular formula is C19H22N2. The first-order valence-electron chi connectivity index (χ1n) is 6.95. The van der Waals surface area contributed by atoms with Gasteiger partial charge in [-0.25, -0.2) is 0 Å². The second-order valence-electron chi connectivity index (χ2n) is 4.38. The van der Waals surface area contributed by atoms with Crippen LogP contribution in [-0.2, 0) is 0 Å². The van der Waals surface area contributed by atoms with Crippen LogP contribution in [0.1, 0.15) is 25.0 Å². The lowest BCUT2D eigenvalue weighted by molar-refractivity contribution is 1.05. The fourth-order valence-electron chi connectivity index (χ4n) is 1.81. The maximum atomic E-state index is 4.22. The molecule has 2 heteroatoms. The lowest BCUT2D eigenvalue weighted by Gasteiger charge is -2.07. The predicted molar refractivity (Wildman–Crippen MR) is 93.0 cm³/mol. The zero-order valence-electron chi connectivity index (χ0n) is 12.8. The highest BCUT2D eigenvalue weighted by Crippen LogP contribution is 2.20. The maximum absolute atomic E-state index is 4.22. The number of rotatable bonds is 7. The first-order chi connectivity index (χ1) is 10.2. The Balaban J connectivity index is 2.76. The Morgan fingerprint density at radius 3 is 2.62 bits per heavy atom. The summed E-state index contributed by atoms with van der Waals surface area (Å²) < 4.78 is 0. The Morgan fingerprint density at radius 1 is 1.19 bits per heavy atom. The van der Waals surface area contributed by atoms with E-state index in [1.54, 1.807) is 0 Å². The summed E-state index contributed by atoms with van der Waals surface area (Å²) in [7, 11) is 0. The minimum Gasteiger partial charge on any atom is -0.184 e. The van der Waals surface area contributed by atoms with Gasteiger partial charge in [0, 0.05) is 0 Å². The van der Waals surface area contributed by atoms with E-state index in [2.05, 4.69) is 35.5 Å². The van der Waals surface area contributed by atoms with Gasteiger partial charge in [0.25, 0.3) is 0 Å². The van der Waals surface area contributed by atoms with Crippen molar-refractivity contribution in [2.45, 2.75) is 13.8 Å². The molecule has 2 nitrogen and oxygen atoms in total. The summed E-state index contributed by atoms with van der Waals surface area (Å²) >= 11 is 0. The van der Waals surface area contributed by atoms with Crippen LogP contribution in [0.2, 0.25) is 0 Å². The normalized spacial score (nSPS) is 12.6. The van der Waals surface area contributed by atoms with Crippen molar-refractivity contribution in [1.29, 1.82) is 0 Å². The third kappa shape index (κ3) is 5.57. The smallest absolute Gasteiger partial charge is 0.0856 e. The molecule has 1 rings (SSSR count). The van der Waals surface area contributed by atoms with E-state index in [0.29, 0.717) is 12.2 Å². The van der Waals surface area contributed by atoms with E-state index in [9.17, 15) is 0 Å². The van der Waals surface area contributed by atoms with Crippen LogP contribution in [-0.4, -0.2) is 6.54 Å². The highest BCUT2D eigenvalue weighted by molar-refractivity contribution is 5.74. The molecule has 0 heterocycles. The van der Waals surface area contributed by atoms with Gasteiger partial charge in [-0.3, -0.25) is 0 Å². The van der Waals surface area contributed by atoms with Crippen molar-refractivity contribution in [2.75, 3.05) is 6.54 Å². The van der Waals surface area contributed by atoms with E-state index in [-0.39, 0.29) is 0 Å². The van der Waals surface area contributed by atoms with Crippen molar-refractivity contribution < 1.29 is 0 Å². The van der Waals surface area contributed by atoms with Crippen molar-refractivity contribution in [3.63, 3.8) is 0 Å². The highest BCUT2D eigenvalue weighted by atomic mass is 15.1. The Labute approximate surface area is 127 Å². The SMILES string of the molecule is C=Cc1ccccc1/C(=C\C)CN=NC(=C)/C=C\C=C/C. The molecule has 0 aliphatic carbocycles. The second-order valence-corrected chi connectivity index (χ2v) is 4.38. The average molecular weight is 278 g/mol. The Kier molecular flexibility index (Phi) is 7.44. The molecule has 0 amide bonds. The third-order valence-electron chi connectivity index (χ3n) is 2.91. The predicted octanol–water partition coefficient (Wildman–Crippen LogP) is 5.83. The number of hydrogen-bond acceptors (Lipinski definition) is 2. The topological polar surface area (TPSA) is 24.7 Å². The van der Waals surface area contributed by atoms with Gasteiger partial charge >= 0.3 is 0 Å². The minimum atomic E-state index is 0.526. The van der Waals surface area contributed by atoms with Gasteiger partial charge in [0.1, 0.15) is 0 Å². The number of allylic oxidation sites excluding steroid dienone is 5. The Hall–Kier alpha value is -2.48. The van der Waals surface area contributed by atoms with Crippen molar-refractivity contribution in [1.82, 2.24) is 0 Å². The Bertz CT molecular complexity index is 602. The van der Waals surface area contributed by atoms with E-state index in [1.807, 2.05) is 62.4 Å². The van der Waals surface area contributed by atoms with E-state index in [4.69, 9.17) is 0 Å². The summed E-state index contributed by atoms with van der Waals surface area (Å²) in [4.78, 5) is 0. The zero-order valence-corrected chi connectivity index (χ0v) is 12.8. The molecule has 0 radical (unpaired) electrons. The quantitative estimate of drug-likeness (QED) is 0.443. The molecular weight excluding hydrogens is 256 g/mol. The van der Waals surface area contributed by atoms with E-state index < -0.39 is 0 Å². The standard InChI is InChI=1S/C19H22N2/c1-5-8-9-12-16(4)21-20-15-18(7-3)19-14-11-10-13-17(19)6-2/h5-14H,2,4,15H2,1,3H3/b8-5-,12-9-,18-7-,21-20?. The highest BCUT2D eigenvalue weighted by Gasteiger charge is 2.03. The molecule has 1 aromatic carbocycles. The van der Waals surface area contributed by atoms with Gasteiger partial charge in [-0.15, -0.1) is 0 Å². The van der Waals surface area contributed by atoms with E-state index >= 15 is 0 Å². The molecule has 0 aliphatic heterocycles. The van der Waals surface area contributed by atoms with E-state index in [1.165, 1.54) is 0 Å². The average Bonchev–Trinajstić information content (AvgIpc) is 2.52. The Morgan fingerprint density at radius 2 is 1.95 bits per heavy atom.